The lowest BCUT2D eigenvalue weighted by molar-refractivity contribution is -0.198. The molecule has 0 aromatic rings. The highest BCUT2D eigenvalue weighted by molar-refractivity contribution is 6.14. The molecule has 4 aliphatic heterocycles. The number of ketones is 3. The number of halogens is 1. The Kier molecular flexibility index (Phi) is 65.7. The highest BCUT2D eigenvalue weighted by Crippen LogP contribution is 2.13. The van der Waals surface area contributed by atoms with Crippen LogP contribution in [0.2, 0.25) is 0 Å². The Morgan fingerprint density at radius 2 is 0.607 bits per heavy atom. The van der Waals surface area contributed by atoms with Gasteiger partial charge in [0.05, 0.1) is 191 Å². The number of Topliss-reactive ketones (excluding diaryl/α,β-unsaturated/α-hetero) is 3. The van der Waals surface area contributed by atoms with Crippen LogP contribution in [0.4, 0.5) is 4.79 Å². The summed E-state index contributed by atoms with van der Waals surface area (Å²) in [5, 5.41) is 11.8. The van der Waals surface area contributed by atoms with Crippen molar-refractivity contribution in [2.45, 2.75) is 112 Å². The fourth-order valence-electron chi connectivity index (χ4n) is 8.64. The Balaban J connectivity index is 0. The van der Waals surface area contributed by atoms with E-state index in [0.29, 0.717) is 163 Å². The van der Waals surface area contributed by atoms with Crippen LogP contribution in [-0.4, -0.2) is 349 Å². The number of imide groups is 4. The Labute approximate surface area is 687 Å². The van der Waals surface area contributed by atoms with Crippen LogP contribution in [0.5, 0.6) is 0 Å². The summed E-state index contributed by atoms with van der Waals surface area (Å²) in [7, 11) is 0. The summed E-state index contributed by atoms with van der Waals surface area (Å²) in [4.78, 5) is 190. The van der Waals surface area contributed by atoms with Crippen molar-refractivity contribution in [3.8, 4) is 0 Å². The van der Waals surface area contributed by atoms with Crippen LogP contribution in [0, 0.1) is 0 Å². The van der Waals surface area contributed by atoms with Crippen LogP contribution < -0.4 is 43.8 Å². The topological polar surface area (TPSA) is 549 Å². The molecule has 43 nitrogen and oxygen atoms in total. The Bertz CT molecular complexity index is 3010. The molecule has 0 radical (unpaired) electrons. The third-order valence-corrected chi connectivity index (χ3v) is 14.3. The maximum atomic E-state index is 11.8. The average Bonchev–Trinajstić information content (AvgIpc) is 1.78. The summed E-state index contributed by atoms with van der Waals surface area (Å²) in [6.07, 6.45) is 7.26. The van der Waals surface area contributed by atoms with E-state index in [9.17, 15) is 76.7 Å². The molecular formula is C73H123ClN12O31. The van der Waals surface area contributed by atoms with Crippen LogP contribution in [0.1, 0.15) is 100 Å². The zero-order chi connectivity index (χ0) is 85.3. The highest BCUT2D eigenvalue weighted by Gasteiger charge is 2.33. The molecule has 10 N–H and O–H groups in total. The first kappa shape index (κ1) is 111. The molecule has 0 bridgehead atoms. The number of carbonyl (C=O) groups excluding carboxylic acids is 16. The normalized spacial score (nSPS) is 13.5. The predicted octanol–water partition coefficient (Wildman–Crippen LogP) is -2.75. The number of ether oxygens (including phenoxy) is 14. The van der Waals surface area contributed by atoms with Crippen molar-refractivity contribution in [2.24, 2.45) is 11.7 Å². The minimum atomic E-state index is -0.715. The number of rotatable bonds is 63. The van der Waals surface area contributed by atoms with Gasteiger partial charge < -0.3 is 92.4 Å². The molecule has 4 aliphatic rings. The first-order chi connectivity index (χ1) is 55.0. The van der Waals surface area contributed by atoms with Gasteiger partial charge in [-0.2, -0.15) is 0 Å². The number of hydroxylamine groups is 2. The maximum absolute atomic E-state index is 11.8. The SMILES string of the molecule is C.CC(C)(C)OC(=O)CNC(=O)CCOCCOCCOCCOCCNCC(=O)CCN1C(=O)C=CC1=O.CC(C)(C)OC(=O)NN.Cl.NNC(=O)CCOCCOCCOCCOCCNCC(=O)CCN1C(=O)C=CC1=O.O=C(CCN1C(=O)C=CC1=O)CNCCOCCOCCOCCOCCC(=O)ON1C(=O)CCC1=O. The molecule has 11 amide bonds. The molecule has 0 aromatic carbocycles. The van der Waals surface area contributed by atoms with Crippen molar-refractivity contribution in [1.29, 1.82) is 0 Å². The molecule has 0 atom stereocenters. The smallest absolute Gasteiger partial charge is 0.421 e. The van der Waals surface area contributed by atoms with Crippen LogP contribution in [0.3, 0.4) is 0 Å². The molecule has 668 valence electrons. The van der Waals surface area contributed by atoms with E-state index in [-0.39, 0.29) is 190 Å². The molecule has 0 aliphatic carbocycles. The first-order valence-electron chi connectivity index (χ1n) is 37.4. The van der Waals surface area contributed by atoms with Crippen LogP contribution in [0.25, 0.3) is 0 Å². The number of carbonyl (C=O) groups is 16. The van der Waals surface area contributed by atoms with Gasteiger partial charge in [0.25, 0.3) is 47.3 Å². The summed E-state index contributed by atoms with van der Waals surface area (Å²) in [5.74, 6) is 4.28. The number of nitrogens with one attached hydrogen (secondary N) is 6. The van der Waals surface area contributed by atoms with Crippen molar-refractivity contribution in [3.05, 3.63) is 36.5 Å². The second-order valence-corrected chi connectivity index (χ2v) is 26.1. The highest BCUT2D eigenvalue weighted by atomic mass is 35.5. The van der Waals surface area contributed by atoms with Gasteiger partial charge in [0.2, 0.25) is 11.8 Å². The van der Waals surface area contributed by atoms with Crippen LogP contribution >= 0.6 is 12.4 Å². The second-order valence-electron chi connectivity index (χ2n) is 26.1. The number of esters is 1. The number of nitrogens with two attached hydrogens (primary N) is 2. The van der Waals surface area contributed by atoms with Gasteiger partial charge >= 0.3 is 18.0 Å². The van der Waals surface area contributed by atoms with E-state index in [1.165, 1.54) is 36.5 Å². The summed E-state index contributed by atoms with van der Waals surface area (Å²) >= 11 is 0. The van der Waals surface area contributed by atoms with E-state index >= 15 is 0 Å². The maximum Gasteiger partial charge on any atom is 0.421 e. The van der Waals surface area contributed by atoms with Gasteiger partial charge in [-0.15, -0.1) is 17.5 Å². The molecule has 0 unspecified atom stereocenters. The first-order valence-corrected chi connectivity index (χ1v) is 37.4. The van der Waals surface area contributed by atoms with Crippen molar-refractivity contribution < 1.29 is 148 Å². The van der Waals surface area contributed by atoms with Gasteiger partial charge in [0, 0.05) is 114 Å². The largest absolute Gasteiger partial charge is 0.459 e. The summed E-state index contributed by atoms with van der Waals surface area (Å²) in [6, 6.07) is 0. The van der Waals surface area contributed by atoms with Gasteiger partial charge in [-0.25, -0.2) is 21.3 Å². The number of hydrogen-bond donors (Lipinski definition) is 8. The minimum Gasteiger partial charge on any atom is -0.459 e. The molecule has 4 rings (SSSR count). The summed E-state index contributed by atoms with van der Waals surface area (Å²) in [5.41, 5.74) is 2.82. The predicted molar refractivity (Wildman–Crippen MR) is 415 cm³/mol. The van der Waals surface area contributed by atoms with Gasteiger partial charge in [-0.3, -0.25) is 92.7 Å². The quantitative estimate of drug-likeness (QED) is 0.00764. The van der Waals surface area contributed by atoms with Gasteiger partial charge in [-0.05, 0) is 41.5 Å². The van der Waals surface area contributed by atoms with Crippen molar-refractivity contribution in [3.63, 3.8) is 0 Å². The van der Waals surface area contributed by atoms with Crippen LogP contribution in [0.15, 0.2) is 36.5 Å². The Hall–Kier alpha value is -8.45. The lowest BCUT2D eigenvalue weighted by Gasteiger charge is -2.19. The van der Waals surface area contributed by atoms with E-state index in [4.69, 9.17) is 82.8 Å². The standard InChI is InChI=1S/C25H41N3O10.C23H33N3O11.C19H32N4O8.C5H12N2O2.CH4.ClH/c1-25(2,3)38-24(33)19-27-21(30)7-10-34-12-14-36-16-17-37-15-13-35-11-8-26-18-20(29)6-9-28-22(31)4-5-23(28)32;27-18(5-8-25-19(28)1-2-20(25)29)17-24-7-10-34-12-14-36-16-15-35-13-11-33-9-6-23(32)37-26-21(30)3-4-22(26)31;20-22-17(25)4-7-28-9-11-30-13-14-31-12-10-29-8-5-21-15-16(24)3-6-23-18(26)1-2-19(23)27;1-5(2,3)9-4(8)7-6;;/h4-5,26H,6-19H2,1-3H3,(H,27,30);1-2,24H,3-17H2;1-2,21H,3-15,20H2,(H,22,25);6H2,1-3H3,(H,7,8);1H4;1H. The third kappa shape index (κ3) is 62.4. The van der Waals surface area contributed by atoms with Crippen molar-refractivity contribution in [2.75, 3.05) is 224 Å². The molecule has 44 heteroatoms. The Morgan fingerprint density at radius 3 is 0.872 bits per heavy atom. The van der Waals surface area contributed by atoms with E-state index in [1.807, 2.05) is 10.9 Å². The van der Waals surface area contributed by atoms with Gasteiger partial charge in [0.1, 0.15) is 35.1 Å². The molecule has 0 saturated carbocycles. The summed E-state index contributed by atoms with van der Waals surface area (Å²) < 4.78 is 73.9. The minimum absolute atomic E-state index is 0. The fourth-order valence-corrected chi connectivity index (χ4v) is 8.64. The van der Waals surface area contributed by atoms with Gasteiger partial charge in [-0.1, -0.05) is 7.43 Å². The summed E-state index contributed by atoms with van der Waals surface area (Å²) in [6.45, 7) is 21.3. The molecule has 4 heterocycles. The average molecular weight is 1700 g/mol. The Morgan fingerprint density at radius 1 is 0.342 bits per heavy atom. The van der Waals surface area contributed by atoms with Gasteiger partial charge in [0.15, 0.2) is 0 Å². The van der Waals surface area contributed by atoms with E-state index in [1.54, 1.807) is 41.5 Å². The monoisotopic (exact) mass is 1700 g/mol. The van der Waals surface area contributed by atoms with Crippen molar-refractivity contribution in [1.82, 2.24) is 51.9 Å². The zero-order valence-corrected chi connectivity index (χ0v) is 68.0. The van der Waals surface area contributed by atoms with Crippen molar-refractivity contribution >= 4 is 107 Å². The third-order valence-electron chi connectivity index (χ3n) is 14.3. The fraction of sp³-hybridized carbons (Fsp3) is 0.699. The molecule has 117 heavy (non-hydrogen) atoms. The molecule has 0 aromatic heterocycles. The zero-order valence-electron chi connectivity index (χ0n) is 67.2. The molecular weight excluding hydrogens is 1580 g/mol. The molecule has 1 fully saturated rings. The van der Waals surface area contributed by atoms with E-state index in [2.05, 4.69) is 21.3 Å². The number of nitrogens with zero attached hydrogens (tertiary/aromatic N) is 4. The molecule has 0 spiro atoms. The second kappa shape index (κ2) is 69.5. The van der Waals surface area contributed by atoms with E-state index in [0.717, 1.165) is 14.7 Å². The lowest BCUT2D eigenvalue weighted by atomic mass is 10.2. The molecule has 1 saturated heterocycles. The number of hydrogen-bond acceptors (Lipinski definition) is 36. The van der Waals surface area contributed by atoms with Crippen LogP contribution in [-0.2, 0) is 143 Å². The lowest BCUT2D eigenvalue weighted by Crippen LogP contribution is -2.36. The number of amides is 11. The number of hydrazine groups is 2. The van der Waals surface area contributed by atoms with E-state index < -0.39 is 52.9 Å².